The molecule has 1 aliphatic heterocycles. The highest BCUT2D eigenvalue weighted by molar-refractivity contribution is 8.17. The van der Waals surface area contributed by atoms with Gasteiger partial charge in [0.25, 0.3) is 0 Å². The van der Waals surface area contributed by atoms with Gasteiger partial charge in [0.1, 0.15) is 6.61 Å². The Morgan fingerprint density at radius 3 is 2.92 bits per heavy atom. The Labute approximate surface area is 85.0 Å². The maximum absolute atomic E-state index is 10.7. The first-order valence-electron chi connectivity index (χ1n) is 3.90. The summed E-state index contributed by atoms with van der Waals surface area (Å²) >= 11 is 3.60. The van der Waals surface area contributed by atoms with E-state index in [0.29, 0.717) is 11.2 Å². The minimum absolute atomic E-state index is 0.338. The number of rotatable bonds is 3. The predicted octanol–water partition coefficient (Wildman–Crippen LogP) is 1.03. The Morgan fingerprint density at radius 2 is 2.31 bits per heavy atom. The molecule has 1 fully saturated rings. The molecule has 1 heterocycles. The van der Waals surface area contributed by atoms with E-state index in [1.165, 1.54) is 6.42 Å². The number of nitrogens with zero attached hydrogens (tertiary/aromatic N) is 2. The summed E-state index contributed by atoms with van der Waals surface area (Å²) in [6, 6.07) is 0. The zero-order valence-corrected chi connectivity index (χ0v) is 8.64. The second-order valence-corrected chi connectivity index (χ2v) is 5.32. The monoisotopic (exact) mass is 218 g/mol. The Kier molecular flexibility index (Phi) is 4.97. The molecule has 0 bridgehead atoms. The Morgan fingerprint density at radius 1 is 1.62 bits per heavy atom. The number of esters is 1. The van der Waals surface area contributed by atoms with E-state index in [4.69, 9.17) is 10.3 Å². The lowest BCUT2D eigenvalue weighted by Gasteiger charge is -2.19. The van der Waals surface area contributed by atoms with Crippen LogP contribution in [0.25, 0.3) is 5.53 Å². The van der Waals surface area contributed by atoms with Crippen LogP contribution in [0.4, 0.5) is 0 Å². The lowest BCUT2D eigenvalue weighted by Crippen LogP contribution is -2.17. The van der Waals surface area contributed by atoms with Crippen LogP contribution in [0.3, 0.4) is 0 Å². The van der Waals surface area contributed by atoms with Crippen LogP contribution >= 0.6 is 23.5 Å². The minimum Gasteiger partial charge on any atom is -0.455 e. The van der Waals surface area contributed by atoms with E-state index < -0.39 is 5.97 Å². The smallest absolute Gasteiger partial charge is 0.413 e. The number of hydrogen-bond donors (Lipinski definition) is 0. The maximum atomic E-state index is 10.7. The van der Waals surface area contributed by atoms with Gasteiger partial charge in [-0.15, -0.1) is 23.5 Å². The number of carbonyl (C=O) groups excluding carboxylic acids is 1. The summed E-state index contributed by atoms with van der Waals surface area (Å²) in [6.07, 6.45) is 1.98. The van der Waals surface area contributed by atoms with Crippen molar-refractivity contribution in [1.82, 2.24) is 0 Å². The van der Waals surface area contributed by atoms with Crippen LogP contribution in [0.15, 0.2) is 0 Å². The van der Waals surface area contributed by atoms with E-state index >= 15 is 0 Å². The molecule has 0 atom stereocenters. The van der Waals surface area contributed by atoms with Crippen molar-refractivity contribution < 1.29 is 14.3 Å². The van der Waals surface area contributed by atoms with E-state index in [2.05, 4.69) is 4.79 Å². The molecule has 0 amide bonds. The lowest BCUT2D eigenvalue weighted by atomic mass is 10.6. The van der Waals surface area contributed by atoms with Gasteiger partial charge in [-0.2, -0.15) is 4.79 Å². The van der Waals surface area contributed by atoms with Gasteiger partial charge in [-0.25, -0.2) is 4.79 Å². The highest BCUT2D eigenvalue weighted by Gasteiger charge is 2.16. The van der Waals surface area contributed by atoms with Crippen molar-refractivity contribution in [3.63, 3.8) is 0 Å². The molecular weight excluding hydrogens is 208 g/mol. The van der Waals surface area contributed by atoms with Gasteiger partial charge in [0.2, 0.25) is 0 Å². The molecule has 0 radical (unpaired) electrons. The van der Waals surface area contributed by atoms with Crippen molar-refractivity contribution in [2.24, 2.45) is 0 Å². The Hall–Kier alpha value is -0.450. The summed E-state index contributed by atoms with van der Waals surface area (Å²) < 4.78 is 5.17. The normalized spacial score (nSPS) is 17.5. The quantitative estimate of drug-likeness (QED) is 0.307. The third-order valence-electron chi connectivity index (χ3n) is 1.42. The lowest BCUT2D eigenvalue weighted by molar-refractivity contribution is -0.138. The molecule has 4 nitrogen and oxygen atoms in total. The fraction of sp³-hybridized carbons (Fsp3) is 0.714. The summed E-state index contributed by atoms with van der Waals surface area (Å²) in [6.45, 7) is 0.389. The summed E-state index contributed by atoms with van der Waals surface area (Å²) in [4.78, 5) is 13.3. The second kappa shape index (κ2) is 6.07. The Balaban J connectivity index is 2.17. The molecule has 0 spiro atoms. The minimum atomic E-state index is -0.589. The van der Waals surface area contributed by atoms with Crippen LogP contribution in [0.2, 0.25) is 0 Å². The zero-order chi connectivity index (χ0) is 9.52. The molecular formula is C7H10N2O2S2. The number of ether oxygens (including phenoxy) is 1. The van der Waals surface area contributed by atoms with Crippen molar-refractivity contribution in [3.05, 3.63) is 5.53 Å². The van der Waals surface area contributed by atoms with Crippen molar-refractivity contribution in [3.8, 4) is 0 Å². The topological polar surface area (TPSA) is 62.7 Å². The van der Waals surface area contributed by atoms with Crippen LogP contribution in [0.1, 0.15) is 6.42 Å². The van der Waals surface area contributed by atoms with Crippen LogP contribution in [-0.4, -0.2) is 39.7 Å². The third-order valence-corrected chi connectivity index (χ3v) is 4.30. The highest BCUT2D eigenvalue weighted by Crippen LogP contribution is 2.30. The molecule has 1 aliphatic rings. The summed E-state index contributed by atoms with van der Waals surface area (Å²) in [5.74, 6) is 1.67. The Bertz CT molecular complexity index is 223. The van der Waals surface area contributed by atoms with Gasteiger partial charge in [0.05, 0.1) is 4.58 Å². The van der Waals surface area contributed by atoms with Crippen LogP contribution in [-0.2, 0) is 9.53 Å². The fourth-order valence-electron chi connectivity index (χ4n) is 0.867. The average Bonchev–Trinajstić information content (AvgIpc) is 2.17. The molecule has 0 aromatic carbocycles. The predicted molar refractivity (Wildman–Crippen MR) is 54.0 cm³/mol. The van der Waals surface area contributed by atoms with Gasteiger partial charge < -0.3 is 10.3 Å². The standard InChI is InChI=1S/C7H10N2O2S2/c8-9-4-6(10)11-5-7-12-2-1-3-13-7/h4,7H,1-3,5H2. The van der Waals surface area contributed by atoms with Crippen LogP contribution in [0, 0.1) is 0 Å². The molecule has 6 heteroatoms. The van der Waals surface area contributed by atoms with Crippen molar-refractivity contribution >= 4 is 35.7 Å². The number of hydrogen-bond acceptors (Lipinski definition) is 4. The van der Waals surface area contributed by atoms with Crippen LogP contribution in [0.5, 0.6) is 0 Å². The molecule has 0 saturated carbocycles. The average molecular weight is 218 g/mol. The molecule has 72 valence electrons. The molecule has 0 aliphatic carbocycles. The molecule has 1 rings (SSSR count). The van der Waals surface area contributed by atoms with E-state index in [1.54, 1.807) is 23.5 Å². The summed E-state index contributed by atoms with van der Waals surface area (Å²) in [5, 5.41) is 0. The number of thioether (sulfide) groups is 2. The third kappa shape index (κ3) is 4.36. The fourth-order valence-corrected chi connectivity index (χ4v) is 3.49. The van der Waals surface area contributed by atoms with Crippen molar-refractivity contribution in [2.45, 2.75) is 11.0 Å². The first kappa shape index (κ1) is 10.6. The van der Waals surface area contributed by atoms with Gasteiger partial charge in [0.15, 0.2) is 0 Å². The second-order valence-electron chi connectivity index (χ2n) is 2.40. The summed E-state index contributed by atoms with van der Waals surface area (Å²) in [7, 11) is 0. The first-order valence-corrected chi connectivity index (χ1v) is 6.00. The zero-order valence-electron chi connectivity index (χ0n) is 7.01. The van der Waals surface area contributed by atoms with E-state index in [-0.39, 0.29) is 0 Å². The maximum Gasteiger partial charge on any atom is 0.413 e. The molecule has 0 aromatic heterocycles. The van der Waals surface area contributed by atoms with Gasteiger partial charge in [-0.3, -0.25) is 0 Å². The first-order chi connectivity index (χ1) is 6.33. The summed E-state index contributed by atoms with van der Waals surface area (Å²) in [5.41, 5.74) is 8.03. The van der Waals surface area contributed by atoms with E-state index in [0.717, 1.165) is 17.7 Å². The SMILES string of the molecule is [N-]=[N+]=CC(=O)OCC1SCCCS1. The number of carbonyl (C=O) groups is 1. The molecule has 1 saturated heterocycles. The highest BCUT2D eigenvalue weighted by atomic mass is 32.2. The van der Waals surface area contributed by atoms with Gasteiger partial charge in [0, 0.05) is 0 Å². The van der Waals surface area contributed by atoms with E-state index in [1.807, 2.05) is 0 Å². The largest absolute Gasteiger partial charge is 0.455 e. The van der Waals surface area contributed by atoms with Gasteiger partial charge >= 0.3 is 12.2 Å². The van der Waals surface area contributed by atoms with Gasteiger partial charge in [-0.1, -0.05) is 0 Å². The van der Waals surface area contributed by atoms with Crippen molar-refractivity contribution in [1.29, 1.82) is 0 Å². The molecule has 13 heavy (non-hydrogen) atoms. The molecule has 0 unspecified atom stereocenters. The van der Waals surface area contributed by atoms with E-state index in [9.17, 15) is 4.79 Å². The van der Waals surface area contributed by atoms with Crippen molar-refractivity contribution in [2.75, 3.05) is 18.1 Å². The molecule has 0 aromatic rings. The molecule has 0 N–H and O–H groups in total. The van der Waals surface area contributed by atoms with Gasteiger partial charge in [-0.05, 0) is 17.9 Å². The van der Waals surface area contributed by atoms with Crippen LogP contribution < -0.4 is 0 Å².